The Bertz CT molecular complexity index is 960. The molecular weight excluding hydrogens is 403 g/mol. The number of hydrogen-bond acceptors (Lipinski definition) is 5. The van der Waals surface area contributed by atoms with Gasteiger partial charge in [-0.1, -0.05) is 11.6 Å². The Morgan fingerprint density at radius 3 is 2.57 bits per heavy atom. The van der Waals surface area contributed by atoms with Crippen LogP contribution in [0.4, 0.5) is 30.4 Å². The van der Waals surface area contributed by atoms with Crippen LogP contribution in [0.3, 0.4) is 0 Å². The molecule has 28 heavy (non-hydrogen) atoms. The number of hydrogen-bond donors (Lipinski definition) is 1. The standard InChI is InChI=1S/C16H15ClF3N5O3/c1-8-5-14(23(2)22-8)24-4-3-11(15(24)26)21-12-7-10(17)9(16(18,19)20)6-13(12)25(27)28/h5-7,11,21H,3-4H2,1-2H3. The number of aromatic nitrogens is 2. The van der Waals surface area contributed by atoms with Crippen molar-refractivity contribution in [2.75, 3.05) is 16.8 Å². The Hall–Kier alpha value is -2.82. The Balaban J connectivity index is 1.90. The van der Waals surface area contributed by atoms with E-state index < -0.39 is 33.4 Å². The number of nitrogens with zero attached hydrogens (tertiary/aromatic N) is 4. The van der Waals surface area contributed by atoms with Gasteiger partial charge in [-0.3, -0.25) is 24.5 Å². The third-order valence-corrected chi connectivity index (χ3v) is 4.69. The van der Waals surface area contributed by atoms with Crippen LogP contribution in [-0.2, 0) is 18.0 Å². The Morgan fingerprint density at radius 2 is 2.04 bits per heavy atom. The second kappa shape index (κ2) is 6.97. The molecule has 0 saturated carbocycles. The number of rotatable bonds is 4. The first kappa shape index (κ1) is 19.9. The summed E-state index contributed by atoms with van der Waals surface area (Å²) in [5, 5.41) is 17.4. The molecule has 8 nitrogen and oxygen atoms in total. The SMILES string of the molecule is Cc1cc(N2CCC(Nc3cc(Cl)c(C(F)(F)F)cc3[N+](=O)[O-])C2=O)n(C)n1. The smallest absolute Gasteiger partial charge is 0.368 e. The lowest BCUT2D eigenvalue weighted by atomic mass is 10.1. The molecule has 1 amide bonds. The molecule has 150 valence electrons. The fraction of sp³-hybridized carbons (Fsp3) is 0.375. The number of amides is 1. The maximum atomic E-state index is 13.0. The van der Waals surface area contributed by atoms with E-state index in [1.165, 1.54) is 9.58 Å². The van der Waals surface area contributed by atoms with Crippen LogP contribution in [0.1, 0.15) is 17.7 Å². The van der Waals surface area contributed by atoms with Crippen molar-refractivity contribution in [3.05, 3.63) is 44.6 Å². The van der Waals surface area contributed by atoms with E-state index in [1.807, 2.05) is 0 Å². The molecule has 1 atom stereocenters. The number of benzene rings is 1. The third-order valence-electron chi connectivity index (χ3n) is 4.38. The van der Waals surface area contributed by atoms with E-state index in [0.29, 0.717) is 30.5 Å². The molecule has 1 aliphatic rings. The Kier molecular flexibility index (Phi) is 4.96. The van der Waals surface area contributed by atoms with Gasteiger partial charge in [-0.05, 0) is 19.4 Å². The zero-order valence-electron chi connectivity index (χ0n) is 14.7. The van der Waals surface area contributed by atoms with Crippen LogP contribution in [0.25, 0.3) is 0 Å². The van der Waals surface area contributed by atoms with E-state index in [2.05, 4.69) is 10.4 Å². The highest BCUT2D eigenvalue weighted by molar-refractivity contribution is 6.31. The summed E-state index contributed by atoms with van der Waals surface area (Å²) in [7, 11) is 1.68. The number of carbonyl (C=O) groups excluding carboxylic acids is 1. The lowest BCUT2D eigenvalue weighted by molar-refractivity contribution is -0.384. The summed E-state index contributed by atoms with van der Waals surface area (Å²) in [6.45, 7) is 2.10. The van der Waals surface area contributed by atoms with Gasteiger partial charge in [0, 0.05) is 25.7 Å². The number of nitro benzene ring substituents is 1. The zero-order valence-corrected chi connectivity index (χ0v) is 15.5. The number of alkyl halides is 3. The van der Waals surface area contributed by atoms with E-state index in [1.54, 1.807) is 20.0 Å². The van der Waals surface area contributed by atoms with E-state index in [4.69, 9.17) is 11.6 Å². The minimum Gasteiger partial charge on any atom is -0.368 e. The molecule has 1 aliphatic heterocycles. The van der Waals surface area contributed by atoms with Crippen molar-refractivity contribution in [3.8, 4) is 0 Å². The van der Waals surface area contributed by atoms with Crippen LogP contribution in [0.15, 0.2) is 18.2 Å². The van der Waals surface area contributed by atoms with Crippen molar-refractivity contribution < 1.29 is 22.9 Å². The molecule has 1 N–H and O–H groups in total. The molecule has 2 aromatic rings. The van der Waals surface area contributed by atoms with Gasteiger partial charge >= 0.3 is 6.18 Å². The molecule has 12 heteroatoms. The first-order chi connectivity index (χ1) is 13.0. The molecule has 0 bridgehead atoms. The van der Waals surface area contributed by atoms with Crippen molar-refractivity contribution in [1.29, 1.82) is 0 Å². The first-order valence-corrected chi connectivity index (χ1v) is 8.50. The number of anilines is 2. The average molecular weight is 418 g/mol. The van der Waals surface area contributed by atoms with Crippen LogP contribution in [-0.4, -0.2) is 33.2 Å². The lowest BCUT2D eigenvalue weighted by Crippen LogP contribution is -2.34. The third kappa shape index (κ3) is 3.61. The van der Waals surface area contributed by atoms with E-state index in [-0.39, 0.29) is 11.6 Å². The minimum absolute atomic E-state index is 0.246. The van der Waals surface area contributed by atoms with Gasteiger partial charge < -0.3 is 5.32 Å². The summed E-state index contributed by atoms with van der Waals surface area (Å²) in [6, 6.07) is 2.07. The van der Waals surface area contributed by atoms with Gasteiger partial charge in [0.05, 0.1) is 21.2 Å². The zero-order chi connectivity index (χ0) is 20.8. The molecule has 1 aromatic heterocycles. The fourth-order valence-electron chi connectivity index (χ4n) is 3.12. The van der Waals surface area contributed by atoms with Crippen LogP contribution < -0.4 is 10.2 Å². The van der Waals surface area contributed by atoms with Gasteiger partial charge in [-0.15, -0.1) is 0 Å². The van der Waals surface area contributed by atoms with Gasteiger partial charge in [0.15, 0.2) is 0 Å². The van der Waals surface area contributed by atoms with Gasteiger partial charge in [-0.2, -0.15) is 18.3 Å². The van der Waals surface area contributed by atoms with Crippen molar-refractivity contribution >= 4 is 34.7 Å². The number of aryl methyl sites for hydroxylation is 2. The highest BCUT2D eigenvalue weighted by Crippen LogP contribution is 2.40. The number of nitrogens with one attached hydrogen (secondary N) is 1. The Labute approximate surface area is 162 Å². The molecule has 3 rings (SSSR count). The van der Waals surface area contributed by atoms with Crippen LogP contribution in [0, 0.1) is 17.0 Å². The highest BCUT2D eigenvalue weighted by atomic mass is 35.5. The molecule has 0 radical (unpaired) electrons. The number of halogens is 4. The van der Waals surface area contributed by atoms with E-state index in [9.17, 15) is 28.1 Å². The summed E-state index contributed by atoms with van der Waals surface area (Å²) >= 11 is 5.67. The van der Waals surface area contributed by atoms with E-state index in [0.717, 1.165) is 6.07 Å². The largest absolute Gasteiger partial charge is 0.418 e. The van der Waals surface area contributed by atoms with Gasteiger partial charge in [0.1, 0.15) is 17.5 Å². The molecule has 1 aromatic carbocycles. The molecule has 0 aliphatic carbocycles. The highest BCUT2D eigenvalue weighted by Gasteiger charge is 2.38. The second-order valence-electron chi connectivity index (χ2n) is 6.35. The van der Waals surface area contributed by atoms with Gasteiger partial charge in [-0.25, -0.2) is 0 Å². The van der Waals surface area contributed by atoms with Crippen molar-refractivity contribution in [2.45, 2.75) is 25.6 Å². The van der Waals surface area contributed by atoms with Gasteiger partial charge in [0.25, 0.3) is 11.6 Å². The Morgan fingerprint density at radius 1 is 1.36 bits per heavy atom. The summed E-state index contributed by atoms with van der Waals surface area (Å²) in [5.41, 5.74) is -1.65. The average Bonchev–Trinajstić information content (AvgIpc) is 3.08. The van der Waals surface area contributed by atoms with Gasteiger partial charge in [0.2, 0.25) is 0 Å². The molecular formula is C16H15ClF3N5O3. The normalized spacial score (nSPS) is 17.3. The quantitative estimate of drug-likeness (QED) is 0.606. The van der Waals surface area contributed by atoms with Crippen molar-refractivity contribution in [3.63, 3.8) is 0 Å². The molecule has 2 heterocycles. The molecule has 1 saturated heterocycles. The predicted octanol–water partition coefficient (Wildman–Crippen LogP) is 3.53. The molecule has 1 unspecified atom stereocenters. The topological polar surface area (TPSA) is 93.3 Å². The van der Waals surface area contributed by atoms with Crippen molar-refractivity contribution in [2.24, 2.45) is 7.05 Å². The van der Waals surface area contributed by atoms with Crippen LogP contribution in [0.5, 0.6) is 0 Å². The predicted molar refractivity (Wildman–Crippen MR) is 95.4 cm³/mol. The fourth-order valence-corrected chi connectivity index (χ4v) is 3.40. The second-order valence-corrected chi connectivity index (χ2v) is 6.75. The summed E-state index contributed by atoms with van der Waals surface area (Å²) in [5.74, 6) is 0.195. The lowest BCUT2D eigenvalue weighted by Gasteiger charge is -2.18. The summed E-state index contributed by atoms with van der Waals surface area (Å²) in [4.78, 5) is 24.5. The van der Waals surface area contributed by atoms with Crippen LogP contribution in [0.2, 0.25) is 5.02 Å². The minimum atomic E-state index is -4.84. The molecule has 1 fully saturated rings. The summed E-state index contributed by atoms with van der Waals surface area (Å²) in [6.07, 6.45) is -4.53. The maximum Gasteiger partial charge on any atom is 0.418 e. The number of carbonyl (C=O) groups is 1. The van der Waals surface area contributed by atoms with Crippen molar-refractivity contribution in [1.82, 2.24) is 9.78 Å². The first-order valence-electron chi connectivity index (χ1n) is 8.12. The monoisotopic (exact) mass is 417 g/mol. The van der Waals surface area contributed by atoms with Crippen LogP contribution >= 0.6 is 11.6 Å². The maximum absolute atomic E-state index is 13.0. The number of nitro groups is 1. The molecule has 0 spiro atoms. The summed E-state index contributed by atoms with van der Waals surface area (Å²) < 4.78 is 40.5. The van der Waals surface area contributed by atoms with E-state index >= 15 is 0 Å².